The third-order valence-electron chi connectivity index (χ3n) is 3.33. The van der Waals surface area contributed by atoms with Gasteiger partial charge in [0, 0.05) is 28.4 Å². The quantitative estimate of drug-likeness (QED) is 0.648. The highest BCUT2D eigenvalue weighted by atomic mass is 32.1. The van der Waals surface area contributed by atoms with E-state index in [0.29, 0.717) is 6.54 Å². The Morgan fingerprint density at radius 3 is 2.37 bits per heavy atom. The van der Waals surface area contributed by atoms with E-state index in [2.05, 4.69) is 35.0 Å². The largest absolute Gasteiger partial charge is 0.439 e. The summed E-state index contributed by atoms with van der Waals surface area (Å²) >= 11 is 1.60. The van der Waals surface area contributed by atoms with Crippen molar-refractivity contribution < 1.29 is 9.53 Å². The molecule has 4 nitrogen and oxygen atoms in total. The average molecular weight is 374 g/mol. The highest BCUT2D eigenvalue weighted by Crippen LogP contribution is 2.24. The van der Waals surface area contributed by atoms with Gasteiger partial charge in [0.1, 0.15) is 0 Å². The molecule has 3 aromatic rings. The van der Waals surface area contributed by atoms with Crippen LogP contribution in [0.1, 0.15) is 22.1 Å². The molecule has 1 aromatic carbocycles. The highest BCUT2D eigenvalue weighted by molar-refractivity contribution is 7.10. The number of nitrogens with zero attached hydrogens (tertiary/aromatic N) is 1. The van der Waals surface area contributed by atoms with Gasteiger partial charge in [0.05, 0.1) is 6.54 Å². The first-order chi connectivity index (χ1) is 13.3. The molecule has 1 amide bonds. The Bertz CT molecular complexity index is 851. The Morgan fingerprint density at radius 1 is 1.04 bits per heavy atom. The molecule has 1 atom stereocenters. The van der Waals surface area contributed by atoms with E-state index in [1.54, 1.807) is 23.7 Å². The number of aromatic nitrogens is 1. The number of thiophene rings is 1. The number of ether oxygens (including phenoxy) is 1. The van der Waals surface area contributed by atoms with Gasteiger partial charge in [-0.25, -0.2) is 4.79 Å². The average Bonchev–Trinajstić information content (AvgIpc) is 3.42. The first kappa shape index (κ1) is 19.8. The fraction of sp³-hybridized carbons (Fsp3) is 0.0909. The highest BCUT2D eigenvalue weighted by Gasteiger charge is 2.24. The molecule has 0 aliphatic carbocycles. The second-order valence-corrected chi connectivity index (χ2v) is 6.13. The van der Waals surface area contributed by atoms with E-state index in [4.69, 9.17) is 4.74 Å². The maximum Gasteiger partial charge on any atom is 0.407 e. The number of benzene rings is 1. The predicted molar refractivity (Wildman–Crippen MR) is 108 cm³/mol. The van der Waals surface area contributed by atoms with Gasteiger partial charge in [0.15, 0.2) is 6.10 Å². The lowest BCUT2D eigenvalue weighted by Gasteiger charge is -2.02. The number of cyclic esters (lactones) is 1. The number of amides is 1. The molecule has 0 bridgehead atoms. The number of hydrogen-bond donors (Lipinski definition) is 1. The van der Waals surface area contributed by atoms with Gasteiger partial charge in [-0.05, 0) is 35.7 Å². The summed E-state index contributed by atoms with van der Waals surface area (Å²) in [5, 5.41) is 4.58. The Hall–Kier alpha value is -3.54. The number of carbonyl (C=O) groups is 1. The van der Waals surface area contributed by atoms with E-state index in [1.165, 1.54) is 0 Å². The fourth-order valence-corrected chi connectivity index (χ4v) is 2.88. The van der Waals surface area contributed by atoms with Crippen LogP contribution in [0.2, 0.25) is 0 Å². The maximum absolute atomic E-state index is 10.6. The molecule has 5 heteroatoms. The van der Waals surface area contributed by atoms with Crippen molar-refractivity contribution in [2.24, 2.45) is 0 Å². The normalized spacial score (nSPS) is 14.0. The van der Waals surface area contributed by atoms with Crippen LogP contribution in [0.15, 0.2) is 72.4 Å². The van der Waals surface area contributed by atoms with Gasteiger partial charge in [-0.2, -0.15) is 0 Å². The second kappa shape index (κ2) is 11.1. The zero-order valence-corrected chi connectivity index (χ0v) is 15.4. The van der Waals surface area contributed by atoms with Gasteiger partial charge in [-0.3, -0.25) is 4.98 Å². The number of carbonyl (C=O) groups excluding carboxylic acids is 1. The molecule has 2 aromatic heterocycles. The molecule has 0 unspecified atom stereocenters. The van der Waals surface area contributed by atoms with Gasteiger partial charge in [0.25, 0.3) is 0 Å². The smallest absolute Gasteiger partial charge is 0.407 e. The summed E-state index contributed by atoms with van der Waals surface area (Å²) in [7, 11) is 0. The van der Waals surface area contributed by atoms with Crippen molar-refractivity contribution in [1.82, 2.24) is 10.3 Å². The van der Waals surface area contributed by atoms with Crippen LogP contribution >= 0.6 is 11.3 Å². The van der Waals surface area contributed by atoms with Crippen LogP contribution in [0.3, 0.4) is 0 Å². The zero-order chi connectivity index (χ0) is 19.3. The second-order valence-electron chi connectivity index (χ2n) is 5.15. The molecule has 27 heavy (non-hydrogen) atoms. The fourth-order valence-electron chi connectivity index (χ4n) is 2.12. The summed E-state index contributed by atoms with van der Waals surface area (Å²) < 4.78 is 4.97. The molecular weight excluding hydrogens is 356 g/mol. The summed E-state index contributed by atoms with van der Waals surface area (Å²) in [5.74, 6) is 6.12. The van der Waals surface area contributed by atoms with Gasteiger partial charge in [0.2, 0.25) is 0 Å². The number of terminal acetylenes is 1. The van der Waals surface area contributed by atoms with Crippen molar-refractivity contribution in [3.8, 4) is 24.7 Å². The lowest BCUT2D eigenvalue weighted by atomic mass is 10.2. The number of hydrogen-bond acceptors (Lipinski definition) is 4. The van der Waals surface area contributed by atoms with Crippen LogP contribution in [0.5, 0.6) is 0 Å². The predicted octanol–water partition coefficient (Wildman–Crippen LogP) is 4.26. The van der Waals surface area contributed by atoms with Crippen molar-refractivity contribution >= 4 is 17.4 Å². The standard InChI is InChI=1S/C13H9N.C7H7NO2S.C2H2/c1-2-5-12(6-3-1)8-9-13-7-4-10-14-11-13;9-7-8-4-5(10-7)6-2-1-3-11-6;1-2/h1-7,10-11H;1-3,5H,4H2,(H,8,9);1-2H/t;5-;/m.1./s1. The van der Waals surface area contributed by atoms with Crippen molar-refractivity contribution in [3.63, 3.8) is 0 Å². The molecule has 1 fully saturated rings. The third kappa shape index (κ3) is 6.70. The van der Waals surface area contributed by atoms with Crippen LogP contribution in [-0.4, -0.2) is 17.6 Å². The maximum atomic E-state index is 10.6. The summed E-state index contributed by atoms with van der Waals surface area (Å²) in [6, 6.07) is 17.7. The number of rotatable bonds is 1. The molecule has 3 heterocycles. The van der Waals surface area contributed by atoms with E-state index < -0.39 is 0 Å². The van der Waals surface area contributed by atoms with E-state index in [0.717, 1.165) is 16.0 Å². The molecular formula is C22H18N2O2S. The number of pyridine rings is 1. The van der Waals surface area contributed by atoms with E-state index >= 15 is 0 Å². The molecule has 4 rings (SSSR count). The first-order valence-electron chi connectivity index (χ1n) is 8.09. The van der Waals surface area contributed by atoms with Crippen LogP contribution in [-0.2, 0) is 4.74 Å². The third-order valence-corrected chi connectivity index (χ3v) is 4.29. The first-order valence-corrected chi connectivity index (χ1v) is 8.97. The van der Waals surface area contributed by atoms with Gasteiger partial charge < -0.3 is 10.1 Å². The zero-order valence-electron chi connectivity index (χ0n) is 14.5. The summed E-state index contributed by atoms with van der Waals surface area (Å²) in [6.07, 6.45) is 11.1. The molecule has 1 aliphatic rings. The van der Waals surface area contributed by atoms with Crippen molar-refractivity contribution in [3.05, 3.63) is 88.4 Å². The minimum atomic E-state index is -0.316. The molecule has 0 spiro atoms. The summed E-state index contributed by atoms with van der Waals surface area (Å²) in [6.45, 7) is 0.597. The Kier molecular flexibility index (Phi) is 8.17. The molecule has 0 radical (unpaired) electrons. The van der Waals surface area contributed by atoms with Crippen LogP contribution in [0.4, 0.5) is 4.79 Å². The molecule has 1 N–H and O–H groups in total. The van der Waals surface area contributed by atoms with Gasteiger partial charge in [-0.1, -0.05) is 36.1 Å². The minimum absolute atomic E-state index is 0.0671. The molecule has 1 aliphatic heterocycles. The minimum Gasteiger partial charge on any atom is -0.439 e. The Morgan fingerprint density at radius 2 is 1.78 bits per heavy atom. The van der Waals surface area contributed by atoms with Crippen LogP contribution in [0, 0.1) is 24.7 Å². The van der Waals surface area contributed by atoms with Crippen LogP contribution < -0.4 is 5.32 Å². The van der Waals surface area contributed by atoms with Crippen molar-refractivity contribution in [1.29, 1.82) is 0 Å². The molecule has 1 saturated heterocycles. The SMILES string of the molecule is C#C.C(#Cc1cccnc1)c1ccccc1.O=C1NC[C@H](c2cccs2)O1. The summed E-state index contributed by atoms with van der Waals surface area (Å²) in [4.78, 5) is 15.7. The van der Waals surface area contributed by atoms with Crippen molar-refractivity contribution in [2.75, 3.05) is 6.54 Å². The van der Waals surface area contributed by atoms with Crippen molar-refractivity contribution in [2.45, 2.75) is 6.10 Å². The number of alkyl carbamates (subject to hydrolysis) is 1. The van der Waals surface area contributed by atoms with E-state index in [9.17, 15) is 4.79 Å². The van der Waals surface area contributed by atoms with Crippen LogP contribution in [0.25, 0.3) is 0 Å². The van der Waals surface area contributed by atoms with E-state index in [-0.39, 0.29) is 12.2 Å². The monoisotopic (exact) mass is 374 g/mol. The van der Waals surface area contributed by atoms with Gasteiger partial charge in [-0.15, -0.1) is 24.2 Å². The summed E-state index contributed by atoms with van der Waals surface area (Å²) in [5.41, 5.74) is 1.97. The van der Waals surface area contributed by atoms with Gasteiger partial charge >= 0.3 is 6.09 Å². The Balaban J connectivity index is 0.000000181. The Labute approximate surface area is 163 Å². The lowest BCUT2D eigenvalue weighted by molar-refractivity contribution is 0.142. The number of nitrogens with one attached hydrogen (secondary N) is 1. The lowest BCUT2D eigenvalue weighted by Crippen LogP contribution is -2.12. The molecule has 0 saturated carbocycles. The molecule has 134 valence electrons. The van der Waals surface area contributed by atoms with E-state index in [1.807, 2.05) is 60.0 Å². The topological polar surface area (TPSA) is 51.2 Å².